The number of hydrogen-bond donors (Lipinski definition) is 2. The lowest BCUT2D eigenvalue weighted by molar-refractivity contribution is 0.0950. The summed E-state index contributed by atoms with van der Waals surface area (Å²) in [6.45, 7) is 0.465. The van der Waals surface area contributed by atoms with Gasteiger partial charge in [-0.15, -0.1) is 0 Å². The standard InChI is InChI=1S/C15H16N4O/c20-15(18-8-11-2-1-5-16-7-11)12-6-14(10-17-9-12)19-13-3-4-13/h1-2,5-7,9-10,13,19H,3-4,8H2,(H,18,20). The van der Waals surface area contributed by atoms with Gasteiger partial charge < -0.3 is 10.6 Å². The van der Waals surface area contributed by atoms with Gasteiger partial charge in [-0.1, -0.05) is 6.07 Å². The molecule has 2 aromatic heterocycles. The average molecular weight is 268 g/mol. The Labute approximate surface area is 117 Å². The van der Waals surface area contributed by atoms with Gasteiger partial charge in [0.15, 0.2) is 0 Å². The number of anilines is 1. The van der Waals surface area contributed by atoms with Crippen molar-refractivity contribution in [3.63, 3.8) is 0 Å². The van der Waals surface area contributed by atoms with E-state index in [9.17, 15) is 4.79 Å². The van der Waals surface area contributed by atoms with E-state index in [0.29, 0.717) is 18.2 Å². The smallest absolute Gasteiger partial charge is 0.253 e. The first-order valence-electron chi connectivity index (χ1n) is 6.70. The Hall–Kier alpha value is -2.43. The Balaban J connectivity index is 1.61. The molecular formula is C15H16N4O. The minimum absolute atomic E-state index is 0.124. The Kier molecular flexibility index (Phi) is 3.58. The molecule has 20 heavy (non-hydrogen) atoms. The molecule has 5 heteroatoms. The SMILES string of the molecule is O=C(NCc1cccnc1)c1cncc(NC2CC2)c1. The van der Waals surface area contributed by atoms with Crippen LogP contribution in [0.2, 0.25) is 0 Å². The molecule has 5 nitrogen and oxygen atoms in total. The molecule has 0 bridgehead atoms. The number of hydrogen-bond acceptors (Lipinski definition) is 4. The van der Waals surface area contributed by atoms with Crippen molar-refractivity contribution in [1.82, 2.24) is 15.3 Å². The number of nitrogens with one attached hydrogen (secondary N) is 2. The van der Waals surface area contributed by atoms with Gasteiger partial charge in [0, 0.05) is 37.4 Å². The summed E-state index contributed by atoms with van der Waals surface area (Å²) in [7, 11) is 0. The van der Waals surface area contributed by atoms with Crippen LogP contribution in [0.25, 0.3) is 0 Å². The van der Waals surface area contributed by atoms with Crippen molar-refractivity contribution in [1.29, 1.82) is 0 Å². The van der Waals surface area contributed by atoms with Crippen molar-refractivity contribution in [3.8, 4) is 0 Å². The second kappa shape index (κ2) is 5.69. The second-order valence-electron chi connectivity index (χ2n) is 4.92. The van der Waals surface area contributed by atoms with Gasteiger partial charge in [0.05, 0.1) is 11.3 Å². The zero-order chi connectivity index (χ0) is 13.8. The molecule has 1 fully saturated rings. The number of nitrogens with zero attached hydrogens (tertiary/aromatic N) is 2. The van der Waals surface area contributed by atoms with E-state index >= 15 is 0 Å². The Morgan fingerprint density at radius 2 is 2.15 bits per heavy atom. The quantitative estimate of drug-likeness (QED) is 0.870. The van der Waals surface area contributed by atoms with Crippen LogP contribution >= 0.6 is 0 Å². The molecule has 0 spiro atoms. The highest BCUT2D eigenvalue weighted by molar-refractivity contribution is 5.94. The molecule has 2 heterocycles. The molecule has 1 saturated carbocycles. The molecule has 0 atom stereocenters. The topological polar surface area (TPSA) is 66.9 Å². The molecule has 3 rings (SSSR count). The second-order valence-corrected chi connectivity index (χ2v) is 4.92. The fourth-order valence-electron chi connectivity index (χ4n) is 1.89. The first-order valence-corrected chi connectivity index (χ1v) is 6.70. The third kappa shape index (κ3) is 3.32. The Bertz CT molecular complexity index is 596. The lowest BCUT2D eigenvalue weighted by atomic mass is 10.2. The van der Waals surface area contributed by atoms with Gasteiger partial charge in [-0.2, -0.15) is 0 Å². The summed E-state index contributed by atoms with van der Waals surface area (Å²) in [6, 6.07) is 6.16. The van der Waals surface area contributed by atoms with E-state index in [4.69, 9.17) is 0 Å². The summed E-state index contributed by atoms with van der Waals surface area (Å²) < 4.78 is 0. The molecule has 0 aromatic carbocycles. The van der Waals surface area contributed by atoms with Crippen molar-refractivity contribution in [2.24, 2.45) is 0 Å². The molecule has 1 aliphatic rings. The van der Waals surface area contributed by atoms with E-state index in [1.54, 1.807) is 24.8 Å². The van der Waals surface area contributed by atoms with E-state index in [2.05, 4.69) is 20.6 Å². The predicted molar refractivity (Wildman–Crippen MR) is 76.3 cm³/mol. The highest BCUT2D eigenvalue weighted by Crippen LogP contribution is 2.24. The number of amides is 1. The Morgan fingerprint density at radius 1 is 1.25 bits per heavy atom. The molecule has 0 aliphatic heterocycles. The maximum Gasteiger partial charge on any atom is 0.253 e. The minimum atomic E-state index is -0.124. The van der Waals surface area contributed by atoms with Crippen LogP contribution in [-0.4, -0.2) is 21.9 Å². The van der Waals surface area contributed by atoms with E-state index in [1.807, 2.05) is 18.2 Å². The maximum atomic E-state index is 12.1. The van der Waals surface area contributed by atoms with Crippen LogP contribution in [0.5, 0.6) is 0 Å². The predicted octanol–water partition coefficient (Wildman–Crippen LogP) is 1.98. The van der Waals surface area contributed by atoms with Gasteiger partial charge in [0.2, 0.25) is 0 Å². The molecule has 1 aliphatic carbocycles. The molecule has 0 unspecified atom stereocenters. The van der Waals surface area contributed by atoms with Crippen LogP contribution in [0.15, 0.2) is 43.0 Å². The van der Waals surface area contributed by atoms with Crippen LogP contribution in [0.3, 0.4) is 0 Å². The summed E-state index contributed by atoms with van der Waals surface area (Å²) >= 11 is 0. The van der Waals surface area contributed by atoms with Crippen molar-refractivity contribution in [3.05, 3.63) is 54.1 Å². The highest BCUT2D eigenvalue weighted by Gasteiger charge is 2.21. The number of carbonyl (C=O) groups is 1. The zero-order valence-electron chi connectivity index (χ0n) is 11.0. The summed E-state index contributed by atoms with van der Waals surface area (Å²) in [6.07, 6.45) is 9.16. The zero-order valence-corrected chi connectivity index (χ0v) is 11.0. The van der Waals surface area contributed by atoms with E-state index in [0.717, 1.165) is 11.3 Å². The van der Waals surface area contributed by atoms with E-state index in [-0.39, 0.29) is 5.91 Å². The summed E-state index contributed by atoms with van der Waals surface area (Å²) in [5.74, 6) is -0.124. The van der Waals surface area contributed by atoms with Crippen LogP contribution in [0.4, 0.5) is 5.69 Å². The van der Waals surface area contributed by atoms with Crippen molar-refractivity contribution >= 4 is 11.6 Å². The van der Waals surface area contributed by atoms with E-state index < -0.39 is 0 Å². The van der Waals surface area contributed by atoms with Crippen LogP contribution in [-0.2, 0) is 6.54 Å². The molecule has 0 saturated heterocycles. The van der Waals surface area contributed by atoms with Crippen LogP contribution in [0, 0.1) is 0 Å². The van der Waals surface area contributed by atoms with Gasteiger partial charge in [-0.25, -0.2) is 0 Å². The monoisotopic (exact) mass is 268 g/mol. The first kappa shape index (κ1) is 12.6. The molecule has 2 aromatic rings. The fourth-order valence-corrected chi connectivity index (χ4v) is 1.89. The van der Waals surface area contributed by atoms with Gasteiger partial charge in [-0.3, -0.25) is 14.8 Å². The van der Waals surface area contributed by atoms with Crippen LogP contribution in [0.1, 0.15) is 28.8 Å². The molecule has 0 radical (unpaired) electrons. The van der Waals surface area contributed by atoms with Gasteiger partial charge in [0.25, 0.3) is 5.91 Å². The van der Waals surface area contributed by atoms with Gasteiger partial charge >= 0.3 is 0 Å². The van der Waals surface area contributed by atoms with Crippen molar-refractivity contribution in [2.45, 2.75) is 25.4 Å². The summed E-state index contributed by atoms with van der Waals surface area (Å²) in [5.41, 5.74) is 2.45. The third-order valence-corrected chi connectivity index (χ3v) is 3.12. The molecular weight excluding hydrogens is 252 g/mol. The van der Waals surface area contributed by atoms with Crippen molar-refractivity contribution in [2.75, 3.05) is 5.32 Å². The lowest BCUT2D eigenvalue weighted by Gasteiger charge is -2.07. The first-order chi connectivity index (χ1) is 9.81. The lowest BCUT2D eigenvalue weighted by Crippen LogP contribution is -2.23. The van der Waals surface area contributed by atoms with E-state index in [1.165, 1.54) is 12.8 Å². The number of pyridine rings is 2. The number of rotatable bonds is 5. The van der Waals surface area contributed by atoms with Gasteiger partial charge in [0.1, 0.15) is 0 Å². The molecule has 102 valence electrons. The maximum absolute atomic E-state index is 12.1. The minimum Gasteiger partial charge on any atom is -0.381 e. The number of carbonyl (C=O) groups excluding carboxylic acids is 1. The molecule has 2 N–H and O–H groups in total. The highest BCUT2D eigenvalue weighted by atomic mass is 16.1. The normalized spacial score (nSPS) is 13.8. The summed E-state index contributed by atoms with van der Waals surface area (Å²) in [5, 5.41) is 6.20. The molecule has 1 amide bonds. The largest absolute Gasteiger partial charge is 0.381 e. The van der Waals surface area contributed by atoms with Gasteiger partial charge in [-0.05, 0) is 30.5 Å². The summed E-state index contributed by atoms with van der Waals surface area (Å²) in [4.78, 5) is 20.2. The average Bonchev–Trinajstić information content (AvgIpc) is 3.30. The number of aromatic nitrogens is 2. The fraction of sp³-hybridized carbons (Fsp3) is 0.267. The Morgan fingerprint density at radius 3 is 2.90 bits per heavy atom. The van der Waals surface area contributed by atoms with Crippen LogP contribution < -0.4 is 10.6 Å². The third-order valence-electron chi connectivity index (χ3n) is 3.12. The van der Waals surface area contributed by atoms with Crippen molar-refractivity contribution < 1.29 is 4.79 Å².